The van der Waals surface area contributed by atoms with Crippen molar-refractivity contribution in [2.75, 3.05) is 0 Å². The first-order valence-electron chi connectivity index (χ1n) is 5.63. The van der Waals surface area contributed by atoms with Crippen LogP contribution in [0.3, 0.4) is 0 Å². The minimum atomic E-state index is -0.115. The van der Waals surface area contributed by atoms with Crippen LogP contribution < -0.4 is 5.32 Å². The Morgan fingerprint density at radius 2 is 2.17 bits per heavy atom. The lowest BCUT2D eigenvalue weighted by Crippen LogP contribution is -2.26. The summed E-state index contributed by atoms with van der Waals surface area (Å²) in [7, 11) is 0. The molecule has 0 unspecified atom stereocenters. The van der Waals surface area contributed by atoms with Gasteiger partial charge in [0.25, 0.3) is 5.91 Å². The summed E-state index contributed by atoms with van der Waals surface area (Å²) in [5.74, 6) is -0.115. The van der Waals surface area contributed by atoms with Crippen LogP contribution in [-0.4, -0.2) is 10.9 Å². The van der Waals surface area contributed by atoms with E-state index < -0.39 is 0 Å². The quantitative estimate of drug-likeness (QED) is 0.945. The van der Waals surface area contributed by atoms with Crippen LogP contribution in [0.1, 0.15) is 28.9 Å². The van der Waals surface area contributed by atoms with E-state index in [9.17, 15) is 4.79 Å². The van der Waals surface area contributed by atoms with E-state index in [0.717, 1.165) is 10.0 Å². The zero-order valence-electron chi connectivity index (χ0n) is 9.93. The average molecular weight is 305 g/mol. The molecule has 1 amide bonds. The molecular formula is C14H13BrN2O. The van der Waals surface area contributed by atoms with Crippen molar-refractivity contribution in [2.45, 2.75) is 13.0 Å². The third kappa shape index (κ3) is 3.17. The van der Waals surface area contributed by atoms with Crippen LogP contribution in [0.25, 0.3) is 0 Å². The van der Waals surface area contributed by atoms with Crippen LogP contribution in [0.5, 0.6) is 0 Å². The summed E-state index contributed by atoms with van der Waals surface area (Å²) in [6, 6.07) is 11.3. The van der Waals surface area contributed by atoms with Gasteiger partial charge in [-0.25, -0.2) is 0 Å². The number of amides is 1. The van der Waals surface area contributed by atoms with E-state index in [1.54, 1.807) is 24.5 Å². The molecule has 0 aliphatic carbocycles. The summed E-state index contributed by atoms with van der Waals surface area (Å²) in [4.78, 5) is 15.9. The van der Waals surface area contributed by atoms with Gasteiger partial charge in [-0.05, 0) is 36.8 Å². The number of rotatable bonds is 3. The molecule has 0 saturated carbocycles. The molecule has 4 heteroatoms. The smallest absolute Gasteiger partial charge is 0.253 e. The highest BCUT2D eigenvalue weighted by atomic mass is 79.9. The van der Waals surface area contributed by atoms with Crippen LogP contribution in [0, 0.1) is 0 Å². The van der Waals surface area contributed by atoms with E-state index in [-0.39, 0.29) is 11.9 Å². The number of pyridine rings is 1. The van der Waals surface area contributed by atoms with Crippen LogP contribution in [0.4, 0.5) is 0 Å². The first kappa shape index (κ1) is 12.8. The first-order chi connectivity index (χ1) is 8.66. The second kappa shape index (κ2) is 5.78. The number of halogens is 1. The Labute approximate surface area is 114 Å². The van der Waals surface area contributed by atoms with Gasteiger partial charge in [0.15, 0.2) is 0 Å². The largest absolute Gasteiger partial charge is 0.345 e. The Bertz CT molecular complexity index is 543. The molecule has 92 valence electrons. The molecule has 1 aromatic heterocycles. The highest BCUT2D eigenvalue weighted by Crippen LogP contribution is 2.18. The van der Waals surface area contributed by atoms with Crippen molar-refractivity contribution in [1.29, 1.82) is 0 Å². The van der Waals surface area contributed by atoms with Crippen molar-refractivity contribution in [3.05, 3.63) is 64.4 Å². The second-order valence-corrected chi connectivity index (χ2v) is 4.91. The molecule has 0 radical (unpaired) electrons. The number of hydrogen-bond donors (Lipinski definition) is 1. The predicted molar refractivity (Wildman–Crippen MR) is 74.3 cm³/mol. The number of nitrogens with one attached hydrogen (secondary N) is 1. The lowest BCUT2D eigenvalue weighted by atomic mass is 10.1. The summed E-state index contributed by atoms with van der Waals surface area (Å²) >= 11 is 3.42. The standard InChI is InChI=1S/C14H13BrN2O/c1-10(11-4-2-6-13(15)8-11)17-14(18)12-5-3-7-16-9-12/h2-10H,1H3,(H,17,18)/t10-/m1/s1. The monoisotopic (exact) mass is 304 g/mol. The fourth-order valence-corrected chi connectivity index (χ4v) is 2.05. The molecule has 0 aliphatic rings. The average Bonchev–Trinajstić information content (AvgIpc) is 2.39. The molecular weight excluding hydrogens is 292 g/mol. The van der Waals surface area contributed by atoms with Crippen molar-refractivity contribution in [3.8, 4) is 0 Å². The molecule has 1 atom stereocenters. The molecule has 0 spiro atoms. The maximum atomic E-state index is 12.0. The van der Waals surface area contributed by atoms with Crippen molar-refractivity contribution in [2.24, 2.45) is 0 Å². The molecule has 18 heavy (non-hydrogen) atoms. The minimum Gasteiger partial charge on any atom is -0.345 e. The van der Waals surface area contributed by atoms with E-state index in [2.05, 4.69) is 26.2 Å². The van der Waals surface area contributed by atoms with Crippen molar-refractivity contribution in [1.82, 2.24) is 10.3 Å². The molecule has 2 aromatic rings. The first-order valence-corrected chi connectivity index (χ1v) is 6.42. The third-order valence-electron chi connectivity index (χ3n) is 2.62. The van der Waals surface area contributed by atoms with Gasteiger partial charge in [-0.1, -0.05) is 28.1 Å². The highest BCUT2D eigenvalue weighted by molar-refractivity contribution is 9.10. The van der Waals surface area contributed by atoms with Gasteiger partial charge in [-0.3, -0.25) is 9.78 Å². The van der Waals surface area contributed by atoms with E-state index in [1.165, 1.54) is 0 Å². The number of hydrogen-bond acceptors (Lipinski definition) is 2. The molecule has 1 heterocycles. The molecule has 0 fully saturated rings. The molecule has 0 saturated heterocycles. The number of nitrogens with zero attached hydrogens (tertiary/aromatic N) is 1. The Morgan fingerprint density at radius 3 is 2.83 bits per heavy atom. The van der Waals surface area contributed by atoms with Gasteiger partial charge >= 0.3 is 0 Å². The van der Waals surface area contributed by atoms with Gasteiger partial charge in [0, 0.05) is 16.9 Å². The fraction of sp³-hybridized carbons (Fsp3) is 0.143. The second-order valence-electron chi connectivity index (χ2n) is 3.99. The van der Waals surface area contributed by atoms with Crippen LogP contribution in [0.15, 0.2) is 53.3 Å². The summed E-state index contributed by atoms with van der Waals surface area (Å²) in [6.07, 6.45) is 3.21. The molecule has 3 nitrogen and oxygen atoms in total. The van der Waals surface area contributed by atoms with E-state index >= 15 is 0 Å². The molecule has 1 N–H and O–H groups in total. The maximum Gasteiger partial charge on any atom is 0.253 e. The number of benzene rings is 1. The number of carbonyl (C=O) groups is 1. The summed E-state index contributed by atoms with van der Waals surface area (Å²) < 4.78 is 1.00. The van der Waals surface area contributed by atoms with Gasteiger partial charge in [0.1, 0.15) is 0 Å². The van der Waals surface area contributed by atoms with Crippen LogP contribution in [0.2, 0.25) is 0 Å². The van der Waals surface area contributed by atoms with Crippen molar-refractivity contribution >= 4 is 21.8 Å². The van der Waals surface area contributed by atoms with Crippen molar-refractivity contribution in [3.63, 3.8) is 0 Å². The molecule has 0 bridgehead atoms. The zero-order chi connectivity index (χ0) is 13.0. The summed E-state index contributed by atoms with van der Waals surface area (Å²) in [6.45, 7) is 1.95. The van der Waals surface area contributed by atoms with E-state index in [0.29, 0.717) is 5.56 Å². The Morgan fingerprint density at radius 1 is 1.33 bits per heavy atom. The fourth-order valence-electron chi connectivity index (χ4n) is 1.64. The van der Waals surface area contributed by atoms with Crippen molar-refractivity contribution < 1.29 is 4.79 Å². The lowest BCUT2D eigenvalue weighted by molar-refractivity contribution is 0.0939. The van der Waals surface area contributed by atoms with Crippen LogP contribution >= 0.6 is 15.9 Å². The van der Waals surface area contributed by atoms with E-state index in [4.69, 9.17) is 0 Å². The Balaban J connectivity index is 2.08. The number of carbonyl (C=O) groups excluding carboxylic acids is 1. The zero-order valence-corrected chi connectivity index (χ0v) is 11.5. The van der Waals surface area contributed by atoms with Gasteiger partial charge in [0.05, 0.1) is 11.6 Å². The maximum absolute atomic E-state index is 12.0. The third-order valence-corrected chi connectivity index (χ3v) is 3.11. The normalized spacial score (nSPS) is 11.9. The molecule has 0 aliphatic heterocycles. The molecule has 1 aromatic carbocycles. The Kier molecular flexibility index (Phi) is 4.10. The number of aromatic nitrogens is 1. The Hall–Kier alpha value is -1.68. The van der Waals surface area contributed by atoms with E-state index in [1.807, 2.05) is 31.2 Å². The highest BCUT2D eigenvalue weighted by Gasteiger charge is 2.11. The van der Waals surface area contributed by atoms with Gasteiger partial charge < -0.3 is 5.32 Å². The SMILES string of the molecule is C[C@@H](NC(=O)c1cccnc1)c1cccc(Br)c1. The van der Waals surface area contributed by atoms with Gasteiger partial charge in [0.2, 0.25) is 0 Å². The van der Waals surface area contributed by atoms with Gasteiger partial charge in [-0.2, -0.15) is 0 Å². The topological polar surface area (TPSA) is 42.0 Å². The van der Waals surface area contributed by atoms with Gasteiger partial charge in [-0.15, -0.1) is 0 Å². The molecule has 2 rings (SSSR count). The predicted octanol–water partition coefficient (Wildman–Crippen LogP) is 3.34. The van der Waals surface area contributed by atoms with Crippen LogP contribution in [-0.2, 0) is 0 Å². The summed E-state index contributed by atoms with van der Waals surface area (Å²) in [5.41, 5.74) is 1.63. The minimum absolute atomic E-state index is 0.0461. The lowest BCUT2D eigenvalue weighted by Gasteiger charge is -2.14. The summed E-state index contributed by atoms with van der Waals surface area (Å²) in [5, 5.41) is 2.94.